The minimum atomic E-state index is 0.0967. The number of fused-ring (bicyclic) bond motifs is 2. The summed E-state index contributed by atoms with van der Waals surface area (Å²) in [4.78, 5) is 3.44. The molecule has 0 fully saturated rings. The van der Waals surface area contributed by atoms with Gasteiger partial charge in [-0.15, -0.1) is 10.2 Å². The van der Waals surface area contributed by atoms with Crippen LogP contribution in [-0.4, -0.2) is 28.8 Å². The molecule has 0 spiro atoms. The van der Waals surface area contributed by atoms with Gasteiger partial charge in [0.2, 0.25) is 0 Å². The molecule has 2 heterocycles. The SMILES string of the molecule is COc1ccc([C@@H](CNc2nnc(-c3ccc(C)cc3)c3ccccc23)c2c[nH]c3ccccc23)cc1. The number of rotatable bonds is 7. The van der Waals surface area contributed by atoms with Crippen LogP contribution in [0.15, 0.2) is 103 Å². The Hall–Kier alpha value is -4.64. The molecule has 0 unspecified atom stereocenters. The van der Waals surface area contributed by atoms with Crippen molar-refractivity contribution in [2.75, 3.05) is 19.0 Å². The molecule has 5 nitrogen and oxygen atoms in total. The summed E-state index contributed by atoms with van der Waals surface area (Å²) in [7, 11) is 1.69. The lowest BCUT2D eigenvalue weighted by atomic mass is 9.90. The minimum absolute atomic E-state index is 0.0967. The van der Waals surface area contributed by atoms with Gasteiger partial charge in [0.05, 0.1) is 7.11 Å². The summed E-state index contributed by atoms with van der Waals surface area (Å²) in [5, 5.41) is 16.3. The highest BCUT2D eigenvalue weighted by molar-refractivity contribution is 6.00. The van der Waals surface area contributed by atoms with Crippen molar-refractivity contribution < 1.29 is 4.74 Å². The molecule has 0 saturated carbocycles. The van der Waals surface area contributed by atoms with E-state index in [9.17, 15) is 0 Å². The number of nitrogens with one attached hydrogen (secondary N) is 2. The van der Waals surface area contributed by atoms with Gasteiger partial charge in [0.1, 0.15) is 11.4 Å². The molecule has 1 atom stereocenters. The molecule has 0 aliphatic heterocycles. The van der Waals surface area contributed by atoms with Crippen molar-refractivity contribution >= 4 is 27.5 Å². The zero-order valence-corrected chi connectivity index (χ0v) is 20.9. The monoisotopic (exact) mass is 484 g/mol. The largest absolute Gasteiger partial charge is 0.497 e. The number of benzene rings is 4. The van der Waals surface area contributed by atoms with Gasteiger partial charge in [0, 0.05) is 45.9 Å². The first-order valence-corrected chi connectivity index (χ1v) is 12.5. The lowest BCUT2D eigenvalue weighted by molar-refractivity contribution is 0.414. The second-order valence-corrected chi connectivity index (χ2v) is 9.31. The summed E-state index contributed by atoms with van der Waals surface area (Å²) in [6.45, 7) is 2.75. The fourth-order valence-electron chi connectivity index (χ4n) is 4.98. The van der Waals surface area contributed by atoms with Crippen molar-refractivity contribution in [1.82, 2.24) is 15.2 Å². The highest BCUT2D eigenvalue weighted by Gasteiger charge is 2.20. The van der Waals surface area contributed by atoms with Crippen molar-refractivity contribution in [1.29, 1.82) is 0 Å². The molecule has 2 N–H and O–H groups in total. The van der Waals surface area contributed by atoms with Crippen molar-refractivity contribution in [3.8, 4) is 17.0 Å². The summed E-state index contributed by atoms with van der Waals surface area (Å²) < 4.78 is 5.40. The van der Waals surface area contributed by atoms with Crippen LogP contribution in [0.3, 0.4) is 0 Å². The lowest BCUT2D eigenvalue weighted by Crippen LogP contribution is -2.15. The predicted molar refractivity (Wildman–Crippen MR) is 151 cm³/mol. The molecule has 0 bridgehead atoms. The average Bonchev–Trinajstić information content (AvgIpc) is 3.38. The number of methoxy groups -OCH3 is 1. The van der Waals surface area contributed by atoms with Crippen LogP contribution in [0.5, 0.6) is 5.75 Å². The standard InChI is InChI=1S/C32H28N4O/c1-21-11-13-23(14-12-21)31-26-8-3-4-9-27(26)32(36-35-31)34-19-28(22-15-17-24(37-2)18-16-22)29-20-33-30-10-6-5-7-25(29)30/h3-18,20,28,33H,19H2,1-2H3,(H,34,36)/t28-/m1/s1. The molecular weight excluding hydrogens is 456 g/mol. The van der Waals surface area contributed by atoms with E-state index in [1.807, 2.05) is 12.1 Å². The van der Waals surface area contributed by atoms with Crippen LogP contribution >= 0.6 is 0 Å². The van der Waals surface area contributed by atoms with E-state index in [1.165, 1.54) is 22.1 Å². The fourth-order valence-corrected chi connectivity index (χ4v) is 4.98. The number of hydrogen-bond acceptors (Lipinski definition) is 4. The molecule has 0 aliphatic carbocycles. The molecule has 0 radical (unpaired) electrons. The maximum atomic E-state index is 5.40. The highest BCUT2D eigenvalue weighted by atomic mass is 16.5. The fraction of sp³-hybridized carbons (Fsp3) is 0.125. The molecule has 0 aliphatic rings. The number of para-hydroxylation sites is 1. The van der Waals surface area contributed by atoms with Crippen LogP contribution in [0.4, 0.5) is 5.82 Å². The van der Waals surface area contributed by atoms with Gasteiger partial charge in [-0.05, 0) is 36.2 Å². The second kappa shape index (κ2) is 9.78. The van der Waals surface area contributed by atoms with Gasteiger partial charge < -0.3 is 15.0 Å². The zero-order valence-electron chi connectivity index (χ0n) is 20.9. The van der Waals surface area contributed by atoms with Crippen LogP contribution in [-0.2, 0) is 0 Å². The van der Waals surface area contributed by atoms with E-state index in [0.29, 0.717) is 6.54 Å². The van der Waals surface area contributed by atoms with E-state index >= 15 is 0 Å². The number of nitrogens with zero attached hydrogens (tertiary/aromatic N) is 2. The number of aryl methyl sites for hydroxylation is 1. The summed E-state index contributed by atoms with van der Waals surface area (Å²) in [5.74, 6) is 1.72. The van der Waals surface area contributed by atoms with Gasteiger partial charge in [0.25, 0.3) is 0 Å². The van der Waals surface area contributed by atoms with Gasteiger partial charge in [-0.1, -0.05) is 84.4 Å². The van der Waals surface area contributed by atoms with E-state index in [-0.39, 0.29) is 5.92 Å². The highest BCUT2D eigenvalue weighted by Crippen LogP contribution is 2.34. The van der Waals surface area contributed by atoms with Crippen LogP contribution < -0.4 is 10.1 Å². The van der Waals surface area contributed by atoms with Crippen LogP contribution in [0, 0.1) is 6.92 Å². The van der Waals surface area contributed by atoms with E-state index < -0.39 is 0 Å². The quantitative estimate of drug-likeness (QED) is 0.249. The summed E-state index contributed by atoms with van der Waals surface area (Å²) >= 11 is 0. The van der Waals surface area contributed by atoms with Gasteiger partial charge in [0.15, 0.2) is 5.82 Å². The van der Waals surface area contributed by atoms with Crippen LogP contribution in [0.1, 0.15) is 22.6 Å². The smallest absolute Gasteiger partial charge is 0.156 e. The molecule has 0 amide bonds. The van der Waals surface area contributed by atoms with E-state index in [1.54, 1.807) is 7.11 Å². The Balaban J connectivity index is 1.38. The first kappa shape index (κ1) is 22.8. The Bertz CT molecular complexity index is 1670. The molecule has 37 heavy (non-hydrogen) atoms. The van der Waals surface area contributed by atoms with Crippen molar-refractivity contribution in [3.63, 3.8) is 0 Å². The van der Waals surface area contributed by atoms with Gasteiger partial charge in [-0.25, -0.2) is 0 Å². The number of H-pyrrole nitrogens is 1. The molecule has 2 aromatic heterocycles. The third kappa shape index (κ3) is 4.40. The van der Waals surface area contributed by atoms with Crippen LogP contribution in [0.25, 0.3) is 32.9 Å². The molecule has 6 rings (SSSR count). The van der Waals surface area contributed by atoms with Gasteiger partial charge >= 0.3 is 0 Å². The number of anilines is 1. The van der Waals surface area contributed by atoms with E-state index in [0.717, 1.165) is 39.1 Å². The number of aromatic nitrogens is 3. The van der Waals surface area contributed by atoms with E-state index in [2.05, 4.69) is 119 Å². The molecule has 0 saturated heterocycles. The average molecular weight is 485 g/mol. The first-order chi connectivity index (χ1) is 18.2. The third-order valence-electron chi connectivity index (χ3n) is 7.00. The second-order valence-electron chi connectivity index (χ2n) is 9.31. The number of aromatic amines is 1. The summed E-state index contributed by atoms with van der Waals surface area (Å²) in [6, 6.07) is 33.5. The Morgan fingerprint density at radius 3 is 2.24 bits per heavy atom. The van der Waals surface area contributed by atoms with Crippen molar-refractivity contribution in [3.05, 3.63) is 120 Å². The lowest BCUT2D eigenvalue weighted by Gasteiger charge is -2.20. The van der Waals surface area contributed by atoms with E-state index in [4.69, 9.17) is 4.74 Å². The normalized spacial score (nSPS) is 12.1. The minimum Gasteiger partial charge on any atom is -0.497 e. The summed E-state index contributed by atoms with van der Waals surface area (Å²) in [5.41, 5.74) is 6.75. The van der Waals surface area contributed by atoms with Crippen LogP contribution in [0.2, 0.25) is 0 Å². The zero-order chi connectivity index (χ0) is 25.2. The topological polar surface area (TPSA) is 62.8 Å². The molecule has 5 heteroatoms. The maximum Gasteiger partial charge on any atom is 0.156 e. The third-order valence-corrected chi connectivity index (χ3v) is 7.00. The molecule has 6 aromatic rings. The maximum absolute atomic E-state index is 5.40. The molecule has 4 aromatic carbocycles. The number of ether oxygens (including phenoxy) is 1. The summed E-state index contributed by atoms with van der Waals surface area (Å²) in [6.07, 6.45) is 2.12. The Morgan fingerprint density at radius 2 is 1.49 bits per heavy atom. The van der Waals surface area contributed by atoms with Crippen molar-refractivity contribution in [2.45, 2.75) is 12.8 Å². The Morgan fingerprint density at radius 1 is 0.784 bits per heavy atom. The first-order valence-electron chi connectivity index (χ1n) is 12.5. The Kier molecular flexibility index (Phi) is 6.03. The Labute approximate surface area is 216 Å². The van der Waals surface area contributed by atoms with Gasteiger partial charge in [-0.3, -0.25) is 0 Å². The molecular formula is C32H28N4O. The predicted octanol–water partition coefficient (Wildman–Crippen LogP) is 7.34. The number of hydrogen-bond donors (Lipinski definition) is 2. The van der Waals surface area contributed by atoms with Gasteiger partial charge in [-0.2, -0.15) is 0 Å². The molecule has 182 valence electrons. The van der Waals surface area contributed by atoms with Crippen molar-refractivity contribution in [2.24, 2.45) is 0 Å².